The van der Waals surface area contributed by atoms with E-state index in [0.29, 0.717) is 12.6 Å². The molecule has 1 aliphatic heterocycles. The van der Waals surface area contributed by atoms with Gasteiger partial charge in [-0.2, -0.15) is 0 Å². The summed E-state index contributed by atoms with van der Waals surface area (Å²) in [6.45, 7) is 9.54. The van der Waals surface area contributed by atoms with E-state index in [-0.39, 0.29) is 6.04 Å². The van der Waals surface area contributed by atoms with Gasteiger partial charge >= 0.3 is 0 Å². The van der Waals surface area contributed by atoms with Crippen LogP contribution in [0.25, 0.3) is 0 Å². The van der Waals surface area contributed by atoms with Crippen LogP contribution in [0.1, 0.15) is 25.5 Å². The van der Waals surface area contributed by atoms with Crippen LogP contribution in [0.5, 0.6) is 5.75 Å². The minimum atomic E-state index is 0.272. The molecule has 2 atom stereocenters. The van der Waals surface area contributed by atoms with Crippen molar-refractivity contribution < 1.29 is 4.74 Å². The van der Waals surface area contributed by atoms with E-state index in [0.717, 1.165) is 36.4 Å². The summed E-state index contributed by atoms with van der Waals surface area (Å²) in [5, 5.41) is 0. The van der Waals surface area contributed by atoms with Gasteiger partial charge in [-0.05, 0) is 47.1 Å². The van der Waals surface area contributed by atoms with Crippen LogP contribution in [0.15, 0.2) is 22.7 Å². The molecule has 0 radical (unpaired) electrons. The Bertz CT molecular complexity index is 469. The van der Waals surface area contributed by atoms with Crippen molar-refractivity contribution in [1.82, 2.24) is 9.80 Å². The monoisotopic (exact) mass is 355 g/mol. The van der Waals surface area contributed by atoms with Gasteiger partial charge in [-0.15, -0.1) is 0 Å². The molecule has 2 unspecified atom stereocenters. The lowest BCUT2D eigenvalue weighted by Crippen LogP contribution is -2.53. The summed E-state index contributed by atoms with van der Waals surface area (Å²) >= 11 is 3.57. The average Bonchev–Trinajstić information content (AvgIpc) is 2.48. The topological polar surface area (TPSA) is 41.7 Å². The highest BCUT2D eigenvalue weighted by atomic mass is 79.9. The third kappa shape index (κ3) is 3.77. The molecular formula is C16H26BrN3O. The van der Waals surface area contributed by atoms with Gasteiger partial charge in [0.05, 0.1) is 11.6 Å². The number of halogens is 1. The normalized spacial score (nSPS) is 22.2. The molecule has 0 saturated carbocycles. The number of methoxy groups -OCH3 is 1. The van der Waals surface area contributed by atoms with Gasteiger partial charge in [-0.1, -0.05) is 13.0 Å². The Balaban J connectivity index is 2.14. The largest absolute Gasteiger partial charge is 0.496 e. The van der Waals surface area contributed by atoms with Crippen molar-refractivity contribution in [2.75, 3.05) is 39.8 Å². The van der Waals surface area contributed by atoms with E-state index in [1.54, 1.807) is 7.11 Å². The van der Waals surface area contributed by atoms with Crippen molar-refractivity contribution in [2.24, 2.45) is 5.73 Å². The van der Waals surface area contributed by atoms with Gasteiger partial charge in [0.2, 0.25) is 0 Å². The highest BCUT2D eigenvalue weighted by Crippen LogP contribution is 2.30. The van der Waals surface area contributed by atoms with Crippen molar-refractivity contribution in [3.8, 4) is 5.75 Å². The smallest absolute Gasteiger partial charge is 0.133 e. The lowest BCUT2D eigenvalue weighted by Gasteiger charge is -2.43. The molecule has 1 fully saturated rings. The first kappa shape index (κ1) is 16.7. The van der Waals surface area contributed by atoms with Gasteiger partial charge in [0.25, 0.3) is 0 Å². The number of likely N-dealkylation sites (N-methyl/N-ethyl adjacent to an activating group) is 1. The van der Waals surface area contributed by atoms with E-state index in [2.05, 4.69) is 51.7 Å². The van der Waals surface area contributed by atoms with E-state index < -0.39 is 0 Å². The molecule has 0 amide bonds. The first-order valence-electron chi connectivity index (χ1n) is 7.62. The average molecular weight is 356 g/mol. The summed E-state index contributed by atoms with van der Waals surface area (Å²) in [4.78, 5) is 5.03. The fraction of sp³-hybridized carbons (Fsp3) is 0.625. The first-order chi connectivity index (χ1) is 10.1. The van der Waals surface area contributed by atoms with E-state index >= 15 is 0 Å². The van der Waals surface area contributed by atoms with Crippen LogP contribution in [0, 0.1) is 0 Å². The predicted octanol–water partition coefficient (Wildman–Crippen LogP) is 2.48. The number of nitrogens with zero attached hydrogens (tertiary/aromatic N) is 2. The van der Waals surface area contributed by atoms with Crippen molar-refractivity contribution in [1.29, 1.82) is 0 Å². The van der Waals surface area contributed by atoms with Gasteiger partial charge in [0.1, 0.15) is 5.75 Å². The van der Waals surface area contributed by atoms with Crippen molar-refractivity contribution >= 4 is 15.9 Å². The van der Waals surface area contributed by atoms with Gasteiger partial charge < -0.3 is 10.5 Å². The molecule has 0 aromatic heterocycles. The maximum absolute atomic E-state index is 6.07. The molecule has 118 valence electrons. The fourth-order valence-corrected chi connectivity index (χ4v) is 3.72. The number of ether oxygens (including phenoxy) is 1. The van der Waals surface area contributed by atoms with Crippen molar-refractivity contribution in [2.45, 2.75) is 25.9 Å². The van der Waals surface area contributed by atoms with Gasteiger partial charge in [0, 0.05) is 38.3 Å². The van der Waals surface area contributed by atoms with Crippen LogP contribution in [0.4, 0.5) is 0 Å². The van der Waals surface area contributed by atoms with Gasteiger partial charge in [-0.3, -0.25) is 9.80 Å². The highest BCUT2D eigenvalue weighted by Gasteiger charge is 2.28. The second kappa shape index (κ2) is 7.58. The number of piperazine rings is 1. The summed E-state index contributed by atoms with van der Waals surface area (Å²) in [5.41, 5.74) is 7.32. The summed E-state index contributed by atoms with van der Waals surface area (Å²) in [7, 11) is 1.69. The van der Waals surface area contributed by atoms with E-state index in [9.17, 15) is 0 Å². The molecule has 1 saturated heterocycles. The first-order valence-corrected chi connectivity index (χ1v) is 8.41. The Labute approximate surface area is 136 Å². The van der Waals surface area contributed by atoms with Crippen LogP contribution in [0.3, 0.4) is 0 Å². The molecule has 1 aliphatic rings. The number of hydrogen-bond acceptors (Lipinski definition) is 4. The molecule has 1 aromatic carbocycles. The SMILES string of the molecule is CCN1CCN(C(CN)c2ccc(OC)c(Br)c2)CC1C. The summed E-state index contributed by atoms with van der Waals surface area (Å²) in [6.07, 6.45) is 0. The second-order valence-corrected chi connectivity index (χ2v) is 6.47. The van der Waals surface area contributed by atoms with Crippen LogP contribution in [-0.2, 0) is 0 Å². The highest BCUT2D eigenvalue weighted by molar-refractivity contribution is 9.10. The van der Waals surface area contributed by atoms with Gasteiger partial charge in [-0.25, -0.2) is 0 Å². The second-order valence-electron chi connectivity index (χ2n) is 5.62. The third-order valence-electron chi connectivity index (χ3n) is 4.43. The molecule has 4 nitrogen and oxygen atoms in total. The minimum Gasteiger partial charge on any atom is -0.496 e. The molecule has 21 heavy (non-hydrogen) atoms. The third-order valence-corrected chi connectivity index (χ3v) is 5.05. The summed E-state index contributed by atoms with van der Waals surface area (Å²) < 4.78 is 6.29. The fourth-order valence-electron chi connectivity index (χ4n) is 3.16. The quantitative estimate of drug-likeness (QED) is 0.880. The van der Waals surface area contributed by atoms with Crippen molar-refractivity contribution in [3.05, 3.63) is 28.2 Å². The van der Waals surface area contributed by atoms with Crippen LogP contribution >= 0.6 is 15.9 Å². The maximum Gasteiger partial charge on any atom is 0.133 e. The van der Waals surface area contributed by atoms with E-state index in [4.69, 9.17) is 10.5 Å². The van der Waals surface area contributed by atoms with E-state index in [1.165, 1.54) is 5.56 Å². The molecule has 0 aliphatic carbocycles. The molecule has 5 heteroatoms. The van der Waals surface area contributed by atoms with Gasteiger partial charge in [0.15, 0.2) is 0 Å². The number of rotatable bonds is 5. The molecule has 0 spiro atoms. The number of hydrogen-bond donors (Lipinski definition) is 1. The molecule has 1 aromatic rings. The Morgan fingerprint density at radius 3 is 2.71 bits per heavy atom. The van der Waals surface area contributed by atoms with Crippen LogP contribution in [-0.4, -0.2) is 55.7 Å². The minimum absolute atomic E-state index is 0.272. The number of nitrogens with two attached hydrogens (primary N) is 1. The standard InChI is InChI=1S/C16H26BrN3O/c1-4-19-7-8-20(11-12(19)2)15(10-18)13-5-6-16(21-3)14(17)9-13/h5-6,9,12,15H,4,7-8,10-11,18H2,1-3H3. The van der Waals surface area contributed by atoms with E-state index in [1.807, 2.05) is 6.07 Å². The summed E-state index contributed by atoms with van der Waals surface area (Å²) in [5.74, 6) is 0.860. The Morgan fingerprint density at radius 2 is 2.19 bits per heavy atom. The summed E-state index contributed by atoms with van der Waals surface area (Å²) in [6, 6.07) is 7.12. The zero-order valence-corrected chi connectivity index (χ0v) is 14.8. The Morgan fingerprint density at radius 1 is 1.43 bits per heavy atom. The maximum atomic E-state index is 6.07. The Kier molecular flexibility index (Phi) is 6.05. The molecule has 0 bridgehead atoms. The Hall–Kier alpha value is -0.620. The molecular weight excluding hydrogens is 330 g/mol. The molecule has 2 N–H and O–H groups in total. The van der Waals surface area contributed by atoms with Crippen LogP contribution < -0.4 is 10.5 Å². The zero-order valence-electron chi connectivity index (χ0n) is 13.2. The lowest BCUT2D eigenvalue weighted by molar-refractivity contribution is 0.0606. The zero-order chi connectivity index (χ0) is 15.4. The van der Waals surface area contributed by atoms with Crippen LogP contribution in [0.2, 0.25) is 0 Å². The molecule has 2 rings (SSSR count). The predicted molar refractivity (Wildman–Crippen MR) is 90.8 cm³/mol. The lowest BCUT2D eigenvalue weighted by atomic mass is 10.0. The van der Waals surface area contributed by atoms with Crippen molar-refractivity contribution in [3.63, 3.8) is 0 Å². The molecule has 1 heterocycles. The number of benzene rings is 1.